The summed E-state index contributed by atoms with van der Waals surface area (Å²) in [4.78, 5) is 42.1. The molecule has 7 nitrogen and oxygen atoms in total. The third-order valence-corrected chi connectivity index (χ3v) is 6.36. The lowest BCUT2D eigenvalue weighted by Crippen LogP contribution is -2.47. The lowest BCUT2D eigenvalue weighted by molar-refractivity contribution is -0.127. The fraction of sp³-hybridized carbons (Fsp3) is 0.522. The van der Waals surface area contributed by atoms with E-state index in [9.17, 15) is 14.4 Å². The Balaban J connectivity index is 1.40. The summed E-state index contributed by atoms with van der Waals surface area (Å²) in [6.07, 6.45) is 9.09. The zero-order chi connectivity index (χ0) is 21.1. The maximum atomic E-state index is 13.0. The van der Waals surface area contributed by atoms with E-state index in [-0.39, 0.29) is 23.4 Å². The summed E-state index contributed by atoms with van der Waals surface area (Å²) in [5.74, 6) is -0.100. The van der Waals surface area contributed by atoms with Gasteiger partial charge in [0, 0.05) is 36.6 Å². The molecular formula is C23H30N4O3. The van der Waals surface area contributed by atoms with E-state index < -0.39 is 0 Å². The smallest absolute Gasteiger partial charge is 0.330 e. The SMILES string of the molecule is Cc1c[nH]c(=O)n1-c1ccc(C(=O)N2CCCC(C(=O)NC3CCCCC3)C2)cc1. The molecule has 1 aliphatic heterocycles. The molecule has 0 spiro atoms. The van der Waals surface area contributed by atoms with Crippen LogP contribution in [0.5, 0.6) is 0 Å². The number of carbonyl (C=O) groups excluding carboxylic acids is 2. The average Bonchev–Trinajstić information content (AvgIpc) is 3.12. The number of rotatable bonds is 4. The molecule has 1 unspecified atom stereocenters. The Morgan fingerprint density at radius 3 is 2.43 bits per heavy atom. The molecule has 1 aliphatic carbocycles. The Morgan fingerprint density at radius 1 is 1.03 bits per heavy atom. The first-order valence-electron chi connectivity index (χ1n) is 11.0. The molecule has 1 aromatic carbocycles. The van der Waals surface area contributed by atoms with E-state index in [0.29, 0.717) is 24.7 Å². The number of aryl methyl sites for hydroxylation is 1. The predicted octanol–water partition coefficient (Wildman–Crippen LogP) is 2.78. The largest absolute Gasteiger partial charge is 0.353 e. The highest BCUT2D eigenvalue weighted by molar-refractivity contribution is 5.95. The summed E-state index contributed by atoms with van der Waals surface area (Å²) < 4.78 is 1.57. The monoisotopic (exact) mass is 410 g/mol. The second-order valence-corrected chi connectivity index (χ2v) is 8.55. The molecule has 2 amide bonds. The van der Waals surface area contributed by atoms with Gasteiger partial charge in [-0.2, -0.15) is 0 Å². The van der Waals surface area contributed by atoms with Crippen molar-refractivity contribution >= 4 is 11.8 Å². The molecule has 7 heteroatoms. The number of hydrogen-bond donors (Lipinski definition) is 2. The highest BCUT2D eigenvalue weighted by Gasteiger charge is 2.30. The predicted molar refractivity (Wildman–Crippen MR) is 115 cm³/mol. The van der Waals surface area contributed by atoms with Gasteiger partial charge in [0.05, 0.1) is 11.6 Å². The molecule has 1 aromatic heterocycles. The molecule has 0 bridgehead atoms. The van der Waals surface area contributed by atoms with Gasteiger partial charge in [-0.1, -0.05) is 19.3 Å². The minimum atomic E-state index is -0.200. The second-order valence-electron chi connectivity index (χ2n) is 8.55. The Bertz CT molecular complexity index is 954. The summed E-state index contributed by atoms with van der Waals surface area (Å²) in [5, 5.41) is 3.21. The number of piperidine rings is 1. The van der Waals surface area contributed by atoms with E-state index >= 15 is 0 Å². The quantitative estimate of drug-likeness (QED) is 0.813. The van der Waals surface area contributed by atoms with Crippen molar-refractivity contribution in [3.8, 4) is 5.69 Å². The summed E-state index contributed by atoms with van der Waals surface area (Å²) >= 11 is 0. The van der Waals surface area contributed by atoms with E-state index in [1.54, 1.807) is 39.9 Å². The molecule has 4 rings (SSSR count). The van der Waals surface area contributed by atoms with E-state index in [4.69, 9.17) is 0 Å². The maximum absolute atomic E-state index is 13.0. The number of amides is 2. The van der Waals surface area contributed by atoms with Crippen molar-refractivity contribution in [1.29, 1.82) is 0 Å². The minimum absolute atomic E-state index is 0.0603. The first kappa shape index (κ1) is 20.4. The summed E-state index contributed by atoms with van der Waals surface area (Å²) in [7, 11) is 0. The van der Waals surface area contributed by atoms with Gasteiger partial charge < -0.3 is 15.2 Å². The molecular weight excluding hydrogens is 380 g/mol. The van der Waals surface area contributed by atoms with Crippen molar-refractivity contribution in [1.82, 2.24) is 19.8 Å². The summed E-state index contributed by atoms with van der Waals surface area (Å²) in [6.45, 7) is 2.99. The number of hydrogen-bond acceptors (Lipinski definition) is 3. The molecule has 2 N–H and O–H groups in total. The number of aromatic nitrogens is 2. The minimum Gasteiger partial charge on any atom is -0.353 e. The number of nitrogens with zero attached hydrogens (tertiary/aromatic N) is 2. The number of benzene rings is 1. The van der Waals surface area contributed by atoms with Crippen LogP contribution in [0.2, 0.25) is 0 Å². The molecule has 2 aliphatic rings. The molecule has 30 heavy (non-hydrogen) atoms. The number of imidazole rings is 1. The Kier molecular flexibility index (Phi) is 6.06. The van der Waals surface area contributed by atoms with Crippen LogP contribution in [0.3, 0.4) is 0 Å². The van der Waals surface area contributed by atoms with Gasteiger partial charge in [-0.25, -0.2) is 4.79 Å². The number of H-pyrrole nitrogens is 1. The standard InChI is InChI=1S/C23H30N4O3/c1-16-14-24-23(30)27(16)20-11-9-17(10-12-20)22(29)26-13-5-6-18(15-26)21(28)25-19-7-3-2-4-8-19/h9-12,14,18-19H,2-8,13,15H2,1H3,(H,24,30)(H,25,28). The maximum Gasteiger partial charge on any atom is 0.330 e. The van der Waals surface area contributed by atoms with Crippen LogP contribution in [0.15, 0.2) is 35.3 Å². The number of likely N-dealkylation sites (tertiary alicyclic amines) is 1. The molecule has 1 saturated heterocycles. The van der Waals surface area contributed by atoms with Crippen molar-refractivity contribution in [2.45, 2.75) is 57.9 Å². The first-order valence-corrected chi connectivity index (χ1v) is 11.0. The van der Waals surface area contributed by atoms with Crippen LogP contribution >= 0.6 is 0 Å². The molecule has 2 aromatic rings. The lowest BCUT2D eigenvalue weighted by Gasteiger charge is -2.33. The van der Waals surface area contributed by atoms with E-state index in [1.807, 2.05) is 6.92 Å². The molecule has 2 fully saturated rings. The fourth-order valence-corrected chi connectivity index (χ4v) is 4.65. The van der Waals surface area contributed by atoms with Gasteiger partial charge in [0.25, 0.3) is 5.91 Å². The molecule has 2 heterocycles. The Hall–Kier alpha value is -2.83. The molecule has 0 radical (unpaired) electrons. The van der Waals surface area contributed by atoms with Gasteiger partial charge in [0.2, 0.25) is 5.91 Å². The van der Waals surface area contributed by atoms with Gasteiger partial charge in [-0.3, -0.25) is 14.2 Å². The van der Waals surface area contributed by atoms with Gasteiger partial charge in [0.15, 0.2) is 0 Å². The number of aromatic amines is 1. The third kappa shape index (κ3) is 4.35. The zero-order valence-electron chi connectivity index (χ0n) is 17.5. The van der Waals surface area contributed by atoms with E-state index in [2.05, 4.69) is 10.3 Å². The van der Waals surface area contributed by atoms with Crippen LogP contribution in [0.4, 0.5) is 0 Å². The van der Waals surface area contributed by atoms with Crippen LogP contribution in [-0.4, -0.2) is 45.4 Å². The fourth-order valence-electron chi connectivity index (χ4n) is 4.65. The van der Waals surface area contributed by atoms with Crippen LogP contribution in [0, 0.1) is 12.8 Å². The van der Waals surface area contributed by atoms with Crippen molar-refractivity contribution in [3.05, 3.63) is 52.2 Å². The van der Waals surface area contributed by atoms with Crippen LogP contribution < -0.4 is 11.0 Å². The van der Waals surface area contributed by atoms with Gasteiger partial charge in [-0.05, 0) is 56.9 Å². The highest BCUT2D eigenvalue weighted by atomic mass is 16.2. The van der Waals surface area contributed by atoms with Gasteiger partial charge >= 0.3 is 5.69 Å². The van der Waals surface area contributed by atoms with Gasteiger partial charge in [0.1, 0.15) is 0 Å². The van der Waals surface area contributed by atoms with Crippen molar-refractivity contribution < 1.29 is 9.59 Å². The second kappa shape index (κ2) is 8.90. The van der Waals surface area contributed by atoms with Crippen molar-refractivity contribution in [2.24, 2.45) is 5.92 Å². The molecule has 1 atom stereocenters. The summed E-state index contributed by atoms with van der Waals surface area (Å²) in [5.41, 5.74) is 1.91. The summed E-state index contributed by atoms with van der Waals surface area (Å²) in [6, 6.07) is 7.37. The third-order valence-electron chi connectivity index (χ3n) is 6.36. The first-order chi connectivity index (χ1) is 14.5. The topological polar surface area (TPSA) is 87.2 Å². The Labute approximate surface area is 176 Å². The van der Waals surface area contributed by atoms with Crippen LogP contribution in [-0.2, 0) is 4.79 Å². The van der Waals surface area contributed by atoms with Gasteiger partial charge in [-0.15, -0.1) is 0 Å². The number of nitrogens with one attached hydrogen (secondary N) is 2. The molecule has 1 saturated carbocycles. The Morgan fingerprint density at radius 2 is 1.77 bits per heavy atom. The van der Waals surface area contributed by atoms with Crippen LogP contribution in [0.25, 0.3) is 5.69 Å². The van der Waals surface area contributed by atoms with Crippen molar-refractivity contribution in [2.75, 3.05) is 13.1 Å². The van der Waals surface area contributed by atoms with E-state index in [0.717, 1.165) is 37.1 Å². The van der Waals surface area contributed by atoms with E-state index in [1.165, 1.54) is 19.3 Å². The van der Waals surface area contributed by atoms with Crippen molar-refractivity contribution in [3.63, 3.8) is 0 Å². The van der Waals surface area contributed by atoms with Crippen LogP contribution in [0.1, 0.15) is 61.0 Å². The lowest BCUT2D eigenvalue weighted by atomic mass is 9.92. The molecule has 160 valence electrons. The number of carbonyl (C=O) groups is 2. The zero-order valence-corrected chi connectivity index (χ0v) is 17.5. The average molecular weight is 411 g/mol. The highest BCUT2D eigenvalue weighted by Crippen LogP contribution is 2.22. The normalized spacial score (nSPS) is 20.2.